The molecule has 3 rings (SSSR count). The van der Waals surface area contributed by atoms with Crippen molar-refractivity contribution >= 4 is 30.6 Å². The third kappa shape index (κ3) is 4.27. The van der Waals surface area contributed by atoms with Gasteiger partial charge < -0.3 is 5.32 Å². The first kappa shape index (κ1) is 17.6. The van der Waals surface area contributed by atoms with E-state index in [2.05, 4.69) is 62.5 Å². The fourth-order valence-electron chi connectivity index (χ4n) is 3.42. The van der Waals surface area contributed by atoms with Crippen molar-refractivity contribution in [1.29, 1.82) is 0 Å². The van der Waals surface area contributed by atoms with Gasteiger partial charge >= 0.3 is 0 Å². The minimum Gasteiger partial charge on any atom is -0.349 e. The van der Waals surface area contributed by atoms with Gasteiger partial charge in [0.05, 0.1) is 5.30 Å². The molecule has 0 saturated heterocycles. The smallest absolute Gasteiger partial charge is 0.257 e. The van der Waals surface area contributed by atoms with Crippen LogP contribution in [-0.2, 0) is 11.3 Å². The van der Waals surface area contributed by atoms with Crippen molar-refractivity contribution in [3.63, 3.8) is 0 Å². The molecule has 3 heteroatoms. The zero-order valence-corrected chi connectivity index (χ0v) is 16.3. The van der Waals surface area contributed by atoms with Crippen LogP contribution in [0, 0.1) is 20.8 Å². The SMILES string of the molecule is Cc1cc(C)c([PH2+]CC(=O)NCc2cccc3ccccc23)c(C)c1. The monoisotopic (exact) mass is 350 g/mol. The normalized spacial score (nSPS) is 11.3. The standard InChI is InChI=1S/C22H24NOP/c1-15-11-16(2)22(17(3)12-15)25-14-21(24)23-13-19-9-6-8-18-7-4-5-10-20(18)19/h4-12,25H,13-14H2,1-3H3,(H,23,24)/p+1. The molecular formula is C22H25NOP+. The van der Waals surface area contributed by atoms with Crippen LogP contribution in [0.1, 0.15) is 22.3 Å². The number of carbonyl (C=O) groups is 1. The van der Waals surface area contributed by atoms with Crippen LogP contribution in [0.15, 0.2) is 54.6 Å². The quantitative estimate of drug-likeness (QED) is 0.689. The Bertz CT molecular complexity index is 889. The number of carbonyl (C=O) groups excluding carboxylic acids is 1. The first-order chi connectivity index (χ1) is 12.0. The number of benzene rings is 3. The molecule has 0 aliphatic carbocycles. The van der Waals surface area contributed by atoms with Crippen LogP contribution in [-0.4, -0.2) is 12.1 Å². The summed E-state index contributed by atoms with van der Waals surface area (Å²) in [5.74, 6) is 0.141. The van der Waals surface area contributed by atoms with E-state index < -0.39 is 0 Å². The fourth-order valence-corrected chi connectivity index (χ4v) is 4.77. The molecule has 0 fully saturated rings. The minimum absolute atomic E-state index is 0.0352. The van der Waals surface area contributed by atoms with Gasteiger partial charge in [-0.25, -0.2) is 0 Å². The third-order valence-electron chi connectivity index (χ3n) is 4.59. The van der Waals surface area contributed by atoms with Crippen LogP contribution in [0.5, 0.6) is 0 Å². The Morgan fingerprint density at radius 1 is 0.960 bits per heavy atom. The number of hydrogen-bond donors (Lipinski definition) is 1. The molecule has 0 aliphatic heterocycles. The second kappa shape index (κ2) is 7.80. The molecule has 1 atom stereocenters. The molecule has 1 N–H and O–H groups in total. The molecule has 1 amide bonds. The Morgan fingerprint density at radius 3 is 2.40 bits per heavy atom. The molecule has 3 aromatic carbocycles. The highest BCUT2D eigenvalue weighted by atomic mass is 31.1. The predicted molar refractivity (Wildman–Crippen MR) is 111 cm³/mol. The lowest BCUT2D eigenvalue weighted by Gasteiger charge is -2.09. The van der Waals surface area contributed by atoms with Gasteiger partial charge in [0, 0.05) is 15.1 Å². The van der Waals surface area contributed by atoms with Gasteiger partial charge in [0.15, 0.2) is 0 Å². The van der Waals surface area contributed by atoms with Crippen molar-refractivity contribution in [2.75, 3.05) is 6.16 Å². The van der Waals surface area contributed by atoms with E-state index in [1.807, 2.05) is 18.2 Å². The second-order valence-corrected chi connectivity index (χ2v) is 8.03. The van der Waals surface area contributed by atoms with Gasteiger partial charge in [-0.3, -0.25) is 4.79 Å². The maximum absolute atomic E-state index is 12.3. The van der Waals surface area contributed by atoms with E-state index in [9.17, 15) is 4.79 Å². The van der Waals surface area contributed by atoms with Crippen LogP contribution in [0.2, 0.25) is 0 Å². The molecule has 3 aromatic rings. The van der Waals surface area contributed by atoms with E-state index in [1.165, 1.54) is 38.3 Å². The summed E-state index contributed by atoms with van der Waals surface area (Å²) in [4.78, 5) is 12.3. The zero-order valence-electron chi connectivity index (χ0n) is 15.1. The highest BCUT2D eigenvalue weighted by Crippen LogP contribution is 2.20. The summed E-state index contributed by atoms with van der Waals surface area (Å²) in [6.07, 6.45) is 0.607. The summed E-state index contributed by atoms with van der Waals surface area (Å²) in [5.41, 5.74) is 5.09. The number of hydrogen-bond acceptors (Lipinski definition) is 1. The van der Waals surface area contributed by atoms with Crippen LogP contribution in [0.25, 0.3) is 10.8 Å². The van der Waals surface area contributed by atoms with E-state index >= 15 is 0 Å². The summed E-state index contributed by atoms with van der Waals surface area (Å²) in [6.45, 7) is 7.01. The minimum atomic E-state index is -0.0352. The number of fused-ring (bicyclic) bond motifs is 1. The Morgan fingerprint density at radius 2 is 1.64 bits per heavy atom. The van der Waals surface area contributed by atoms with Gasteiger partial charge in [0.2, 0.25) is 0 Å². The Labute approximate surface area is 151 Å². The second-order valence-electron chi connectivity index (χ2n) is 6.64. The lowest BCUT2D eigenvalue weighted by atomic mass is 10.0. The van der Waals surface area contributed by atoms with E-state index in [0.717, 1.165) is 0 Å². The molecule has 0 saturated carbocycles. The van der Waals surface area contributed by atoms with Crippen LogP contribution in [0.4, 0.5) is 0 Å². The van der Waals surface area contributed by atoms with Crippen molar-refractivity contribution in [3.05, 3.63) is 76.9 Å². The first-order valence-electron chi connectivity index (χ1n) is 8.69. The Kier molecular flexibility index (Phi) is 5.50. The van der Waals surface area contributed by atoms with E-state index in [4.69, 9.17) is 0 Å². The molecule has 0 aromatic heterocycles. The molecule has 0 spiro atoms. The Balaban J connectivity index is 1.62. The number of rotatable bonds is 5. The van der Waals surface area contributed by atoms with E-state index in [-0.39, 0.29) is 14.5 Å². The fraction of sp³-hybridized carbons (Fsp3) is 0.227. The van der Waals surface area contributed by atoms with E-state index in [0.29, 0.717) is 12.7 Å². The van der Waals surface area contributed by atoms with Crippen LogP contribution >= 0.6 is 8.58 Å². The Hall–Kier alpha value is -2.18. The summed E-state index contributed by atoms with van der Waals surface area (Å²) in [6, 6.07) is 19.0. The topological polar surface area (TPSA) is 29.1 Å². The van der Waals surface area contributed by atoms with Crippen molar-refractivity contribution in [2.45, 2.75) is 27.3 Å². The lowest BCUT2D eigenvalue weighted by molar-refractivity contribution is -0.118. The van der Waals surface area contributed by atoms with Gasteiger partial charge in [-0.1, -0.05) is 60.2 Å². The molecule has 25 heavy (non-hydrogen) atoms. The van der Waals surface area contributed by atoms with Crippen LogP contribution < -0.4 is 10.6 Å². The maximum atomic E-state index is 12.3. The summed E-state index contributed by atoms with van der Waals surface area (Å²) in [7, 11) is -0.0352. The molecule has 128 valence electrons. The number of amides is 1. The molecule has 0 heterocycles. The number of nitrogens with one attached hydrogen (secondary N) is 1. The molecular weight excluding hydrogens is 325 g/mol. The van der Waals surface area contributed by atoms with Gasteiger partial charge in [-0.05, 0) is 48.2 Å². The van der Waals surface area contributed by atoms with Crippen molar-refractivity contribution in [2.24, 2.45) is 0 Å². The molecule has 0 bridgehead atoms. The van der Waals surface area contributed by atoms with Crippen LogP contribution in [0.3, 0.4) is 0 Å². The lowest BCUT2D eigenvalue weighted by Crippen LogP contribution is -2.25. The summed E-state index contributed by atoms with van der Waals surface area (Å²) < 4.78 is 0. The highest BCUT2D eigenvalue weighted by molar-refractivity contribution is 7.48. The third-order valence-corrected chi connectivity index (χ3v) is 6.48. The van der Waals surface area contributed by atoms with Gasteiger partial charge in [-0.2, -0.15) is 0 Å². The maximum Gasteiger partial charge on any atom is 0.257 e. The summed E-state index contributed by atoms with van der Waals surface area (Å²) in [5, 5.41) is 6.90. The summed E-state index contributed by atoms with van der Waals surface area (Å²) >= 11 is 0. The molecule has 0 aliphatic rings. The number of aryl methyl sites for hydroxylation is 3. The molecule has 1 unspecified atom stereocenters. The average Bonchev–Trinajstić information content (AvgIpc) is 2.59. The first-order valence-corrected chi connectivity index (χ1v) is 10.1. The van der Waals surface area contributed by atoms with Gasteiger partial charge in [0.1, 0.15) is 6.16 Å². The van der Waals surface area contributed by atoms with Gasteiger partial charge in [-0.15, -0.1) is 0 Å². The van der Waals surface area contributed by atoms with E-state index in [1.54, 1.807) is 0 Å². The van der Waals surface area contributed by atoms with Crippen molar-refractivity contribution in [3.8, 4) is 0 Å². The average molecular weight is 350 g/mol. The molecule has 0 radical (unpaired) electrons. The van der Waals surface area contributed by atoms with Crippen molar-refractivity contribution < 1.29 is 4.79 Å². The largest absolute Gasteiger partial charge is 0.349 e. The molecule has 2 nitrogen and oxygen atoms in total. The van der Waals surface area contributed by atoms with Gasteiger partial charge in [0.25, 0.3) is 5.91 Å². The zero-order chi connectivity index (χ0) is 17.8. The van der Waals surface area contributed by atoms with Crippen molar-refractivity contribution in [1.82, 2.24) is 5.32 Å². The predicted octanol–water partition coefficient (Wildman–Crippen LogP) is 4.12. The highest BCUT2D eigenvalue weighted by Gasteiger charge is 2.13.